The van der Waals surface area contributed by atoms with Gasteiger partial charge in [-0.25, -0.2) is 9.59 Å². The van der Waals surface area contributed by atoms with E-state index in [2.05, 4.69) is 0 Å². The third-order valence-electron chi connectivity index (χ3n) is 4.84. The normalized spacial score (nSPS) is 18.4. The van der Waals surface area contributed by atoms with Gasteiger partial charge in [0.25, 0.3) is 5.91 Å². The van der Waals surface area contributed by atoms with Crippen molar-refractivity contribution in [2.24, 2.45) is 0 Å². The molecule has 3 amide bonds. The molecule has 190 valence electrons. The number of alkyl halides is 3. The third kappa shape index (κ3) is 8.52. The summed E-state index contributed by atoms with van der Waals surface area (Å²) in [5.41, 5.74) is -0.386. The summed E-state index contributed by atoms with van der Waals surface area (Å²) in [7, 11) is 1.41. The van der Waals surface area contributed by atoms with Crippen molar-refractivity contribution in [3.05, 3.63) is 34.9 Å². The molecule has 1 aliphatic rings. The number of benzene rings is 1. The van der Waals surface area contributed by atoms with E-state index in [1.54, 1.807) is 39.0 Å². The highest BCUT2D eigenvalue weighted by atomic mass is 35.6. The molecule has 13 heteroatoms. The van der Waals surface area contributed by atoms with Crippen LogP contribution in [-0.4, -0.2) is 74.7 Å². The van der Waals surface area contributed by atoms with Crippen molar-refractivity contribution in [2.45, 2.75) is 55.2 Å². The summed E-state index contributed by atoms with van der Waals surface area (Å²) in [6, 6.07) is 4.50. The van der Waals surface area contributed by atoms with Crippen molar-refractivity contribution in [3.63, 3.8) is 0 Å². The lowest BCUT2D eigenvalue weighted by molar-refractivity contribution is -0.152. The molecule has 0 bridgehead atoms. The summed E-state index contributed by atoms with van der Waals surface area (Å²) in [6.45, 7) is 4.03. The third-order valence-corrected chi connectivity index (χ3v) is 5.40. The van der Waals surface area contributed by atoms with Crippen molar-refractivity contribution in [3.8, 4) is 0 Å². The van der Waals surface area contributed by atoms with Crippen LogP contribution in [-0.2, 0) is 20.8 Å². The van der Waals surface area contributed by atoms with Gasteiger partial charge in [0.15, 0.2) is 0 Å². The molecular formula is C21H26Cl4FN3O5. The molecule has 1 saturated heterocycles. The molecule has 2 atom stereocenters. The predicted octanol–water partition coefficient (Wildman–Crippen LogP) is 5.37. The Kier molecular flexibility index (Phi) is 9.55. The molecule has 34 heavy (non-hydrogen) atoms. The van der Waals surface area contributed by atoms with Gasteiger partial charge in [-0.05, 0) is 44.9 Å². The van der Waals surface area contributed by atoms with Gasteiger partial charge in [0, 0.05) is 18.6 Å². The van der Waals surface area contributed by atoms with Crippen LogP contribution < -0.4 is 0 Å². The molecule has 0 unspecified atom stereocenters. The van der Waals surface area contributed by atoms with E-state index >= 15 is 0 Å². The van der Waals surface area contributed by atoms with E-state index in [1.165, 1.54) is 18.0 Å². The number of likely N-dealkylation sites (N-methyl/N-ethyl adjacent to an activating group) is 1. The van der Waals surface area contributed by atoms with E-state index in [1.807, 2.05) is 0 Å². The van der Waals surface area contributed by atoms with Crippen LogP contribution in [0.3, 0.4) is 0 Å². The molecule has 1 aromatic rings. The second-order valence-corrected chi connectivity index (χ2v) is 11.8. The minimum Gasteiger partial charge on any atom is -0.445 e. The molecular weight excluding hydrogens is 535 g/mol. The first-order valence-electron chi connectivity index (χ1n) is 10.2. The predicted molar refractivity (Wildman–Crippen MR) is 128 cm³/mol. The van der Waals surface area contributed by atoms with E-state index in [9.17, 15) is 18.9 Å². The molecule has 2 rings (SSSR count). The highest BCUT2D eigenvalue weighted by Crippen LogP contribution is 2.29. The molecule has 8 nitrogen and oxygen atoms in total. The summed E-state index contributed by atoms with van der Waals surface area (Å²) >= 11 is 22.8. The zero-order valence-corrected chi connectivity index (χ0v) is 22.1. The van der Waals surface area contributed by atoms with Crippen molar-refractivity contribution in [1.82, 2.24) is 14.9 Å². The van der Waals surface area contributed by atoms with Crippen LogP contribution in [0.2, 0.25) is 5.02 Å². The number of hydrogen-bond acceptors (Lipinski definition) is 5. The summed E-state index contributed by atoms with van der Waals surface area (Å²) in [6.07, 6.45) is -1.69. The Bertz CT molecular complexity index is 909. The zero-order chi connectivity index (χ0) is 25.8. The molecule has 0 aromatic heterocycles. The Balaban J connectivity index is 2.19. The average Bonchev–Trinajstić information content (AvgIpc) is 3.14. The van der Waals surface area contributed by atoms with E-state index in [-0.39, 0.29) is 24.6 Å². The van der Waals surface area contributed by atoms with E-state index < -0.39 is 46.2 Å². The van der Waals surface area contributed by atoms with Gasteiger partial charge in [-0.3, -0.25) is 9.69 Å². The number of halogens is 5. The highest BCUT2D eigenvalue weighted by molar-refractivity contribution is 6.67. The fourth-order valence-electron chi connectivity index (χ4n) is 3.28. The first-order chi connectivity index (χ1) is 15.6. The maximum absolute atomic E-state index is 14.9. The molecule has 0 saturated carbocycles. The van der Waals surface area contributed by atoms with Gasteiger partial charge in [0.2, 0.25) is 3.79 Å². The molecule has 1 heterocycles. The van der Waals surface area contributed by atoms with E-state index in [0.29, 0.717) is 10.6 Å². The van der Waals surface area contributed by atoms with Gasteiger partial charge < -0.3 is 14.4 Å². The summed E-state index contributed by atoms with van der Waals surface area (Å²) in [5, 5.41) is 0.404. The van der Waals surface area contributed by atoms with Crippen LogP contribution in [0, 0.1) is 0 Å². The Morgan fingerprint density at radius 2 is 1.85 bits per heavy atom. The number of carbonyl (C=O) groups excluding carboxylic acids is 3. The Labute approximate surface area is 217 Å². The van der Waals surface area contributed by atoms with Crippen molar-refractivity contribution in [1.29, 1.82) is 0 Å². The molecule has 1 fully saturated rings. The van der Waals surface area contributed by atoms with E-state index in [0.717, 1.165) is 4.90 Å². The first kappa shape index (κ1) is 28.6. The molecule has 0 aliphatic carbocycles. The smallest absolute Gasteiger partial charge is 0.411 e. The average molecular weight is 561 g/mol. The van der Waals surface area contributed by atoms with Gasteiger partial charge in [-0.1, -0.05) is 63.0 Å². The van der Waals surface area contributed by atoms with Crippen molar-refractivity contribution < 1.29 is 28.3 Å². The topological polar surface area (TPSA) is 79.4 Å². The van der Waals surface area contributed by atoms with Crippen molar-refractivity contribution in [2.75, 3.05) is 20.2 Å². The van der Waals surface area contributed by atoms with Crippen molar-refractivity contribution >= 4 is 64.5 Å². The SMILES string of the molecule is CN(C(=O)OCC(Cl)(Cl)Cl)[C@H]1C[C@@H](C(=O)N(F)Cc2cccc(Cl)c2)N(C(=O)OC(C)(C)C)C1. The van der Waals surface area contributed by atoms with Gasteiger partial charge in [-0.15, -0.1) is 0 Å². The number of nitrogens with zero attached hydrogens (tertiary/aromatic N) is 3. The lowest BCUT2D eigenvalue weighted by Crippen LogP contribution is -2.47. The Morgan fingerprint density at radius 1 is 1.21 bits per heavy atom. The number of ether oxygens (including phenoxy) is 2. The summed E-state index contributed by atoms with van der Waals surface area (Å²) < 4.78 is 23.4. The van der Waals surface area contributed by atoms with Gasteiger partial charge in [0.1, 0.15) is 18.2 Å². The van der Waals surface area contributed by atoms with E-state index in [4.69, 9.17) is 55.9 Å². The maximum atomic E-state index is 14.9. The monoisotopic (exact) mass is 559 g/mol. The van der Waals surface area contributed by atoms with Gasteiger partial charge in [-0.2, -0.15) is 5.12 Å². The van der Waals surface area contributed by atoms with Crippen LogP contribution >= 0.6 is 46.4 Å². The molecule has 0 spiro atoms. The molecule has 0 N–H and O–H groups in total. The maximum Gasteiger partial charge on any atom is 0.411 e. The molecule has 0 radical (unpaired) electrons. The number of carbonyl (C=O) groups is 3. The first-order valence-corrected chi connectivity index (χ1v) is 11.8. The lowest BCUT2D eigenvalue weighted by atomic mass is 10.1. The number of rotatable bonds is 5. The summed E-state index contributed by atoms with van der Waals surface area (Å²) in [4.78, 5) is 40.4. The fourth-order valence-corrected chi connectivity index (χ4v) is 3.66. The largest absolute Gasteiger partial charge is 0.445 e. The van der Waals surface area contributed by atoms with Gasteiger partial charge >= 0.3 is 12.2 Å². The standard InChI is InChI=1S/C21H26Cl4FN3O5/c1-20(2,3)34-19(32)28-11-15(27(4)18(31)33-12-21(23,24)25)9-16(28)17(30)29(26)10-13-6-5-7-14(22)8-13/h5-8,15-16H,9-12H2,1-4H3/t15-,16-/m0/s1. The van der Waals surface area contributed by atoms with Crippen LogP contribution in [0.5, 0.6) is 0 Å². The van der Waals surface area contributed by atoms with Crippen LogP contribution in [0.15, 0.2) is 24.3 Å². The highest BCUT2D eigenvalue weighted by Gasteiger charge is 2.45. The second-order valence-electron chi connectivity index (χ2n) is 8.81. The zero-order valence-electron chi connectivity index (χ0n) is 19.1. The quantitative estimate of drug-likeness (QED) is 0.357. The number of hydrogen-bond donors (Lipinski definition) is 0. The minimum atomic E-state index is -1.80. The second kappa shape index (κ2) is 11.4. The molecule has 1 aromatic carbocycles. The van der Waals surface area contributed by atoms with Crippen LogP contribution in [0.4, 0.5) is 14.1 Å². The summed E-state index contributed by atoms with van der Waals surface area (Å²) in [5.74, 6) is -0.962. The van der Waals surface area contributed by atoms with Gasteiger partial charge in [0.05, 0.1) is 12.6 Å². The Hall–Kier alpha value is -1.68. The number of likely N-dealkylation sites (tertiary alicyclic amines) is 1. The number of amides is 3. The van der Waals surface area contributed by atoms with Crippen LogP contribution in [0.25, 0.3) is 0 Å². The minimum absolute atomic E-state index is 0.0112. The Morgan fingerprint density at radius 3 is 2.41 bits per heavy atom. The van der Waals surface area contributed by atoms with Crippen LogP contribution in [0.1, 0.15) is 32.8 Å². The fraction of sp³-hybridized carbons (Fsp3) is 0.571. The lowest BCUT2D eigenvalue weighted by Gasteiger charge is -2.29. The molecule has 1 aliphatic heterocycles.